The summed E-state index contributed by atoms with van der Waals surface area (Å²) in [6, 6.07) is 0.506. The van der Waals surface area contributed by atoms with Gasteiger partial charge in [-0.25, -0.2) is 4.79 Å². The van der Waals surface area contributed by atoms with Crippen LogP contribution in [0.15, 0.2) is 0 Å². The molecule has 2 saturated heterocycles. The molecule has 1 saturated carbocycles. The van der Waals surface area contributed by atoms with E-state index in [0.29, 0.717) is 17.9 Å². The second-order valence-corrected chi connectivity index (χ2v) is 4.40. The molecule has 4 heteroatoms. The summed E-state index contributed by atoms with van der Waals surface area (Å²) in [5.41, 5.74) is 0. The van der Waals surface area contributed by atoms with Gasteiger partial charge in [0.05, 0.1) is 0 Å². The standard InChI is InChI=1S/C10H19N3O/c1-3-13(2)10(14)12-9-7-4-8(9)6-11-5-7/h7-9,11H,3-6H2,1-2H3,(H,12,14). The zero-order valence-electron chi connectivity index (χ0n) is 8.92. The summed E-state index contributed by atoms with van der Waals surface area (Å²) < 4.78 is 0. The number of nitrogens with one attached hydrogen (secondary N) is 2. The fourth-order valence-electron chi connectivity index (χ4n) is 2.38. The van der Waals surface area contributed by atoms with E-state index in [1.807, 2.05) is 14.0 Å². The van der Waals surface area contributed by atoms with E-state index in [2.05, 4.69) is 10.6 Å². The van der Waals surface area contributed by atoms with Crippen LogP contribution in [-0.2, 0) is 0 Å². The Morgan fingerprint density at radius 2 is 2.14 bits per heavy atom. The van der Waals surface area contributed by atoms with Crippen LogP contribution in [0.5, 0.6) is 0 Å². The average Bonchev–Trinajstić information content (AvgIpc) is 2.25. The van der Waals surface area contributed by atoms with Gasteiger partial charge in [-0.15, -0.1) is 0 Å². The zero-order valence-corrected chi connectivity index (χ0v) is 8.92. The number of amides is 2. The quantitative estimate of drug-likeness (QED) is 0.667. The molecule has 2 unspecified atom stereocenters. The van der Waals surface area contributed by atoms with Gasteiger partial charge in [0.2, 0.25) is 0 Å². The maximum absolute atomic E-state index is 11.6. The van der Waals surface area contributed by atoms with E-state index in [0.717, 1.165) is 19.6 Å². The van der Waals surface area contributed by atoms with Gasteiger partial charge in [0, 0.05) is 19.6 Å². The van der Waals surface area contributed by atoms with E-state index >= 15 is 0 Å². The van der Waals surface area contributed by atoms with E-state index in [9.17, 15) is 4.79 Å². The Bertz CT molecular complexity index is 217. The molecular formula is C10H19N3O. The minimum Gasteiger partial charge on any atom is -0.335 e. The highest BCUT2D eigenvalue weighted by atomic mass is 16.2. The molecule has 0 aromatic rings. The minimum atomic E-state index is 0.0779. The molecule has 2 aliphatic heterocycles. The number of piperidine rings is 2. The predicted octanol–water partition coefficient (Wildman–Crippen LogP) is 0.256. The Kier molecular flexibility index (Phi) is 2.63. The van der Waals surface area contributed by atoms with Gasteiger partial charge in [0.25, 0.3) is 0 Å². The van der Waals surface area contributed by atoms with Crippen LogP contribution in [0.4, 0.5) is 4.79 Å². The van der Waals surface area contributed by atoms with Crippen LogP contribution in [0.2, 0.25) is 0 Å². The van der Waals surface area contributed by atoms with Crippen molar-refractivity contribution in [3.8, 4) is 0 Å². The molecule has 1 aliphatic carbocycles. The highest BCUT2D eigenvalue weighted by Crippen LogP contribution is 2.36. The summed E-state index contributed by atoms with van der Waals surface area (Å²) in [4.78, 5) is 13.3. The molecule has 0 aromatic heterocycles. The van der Waals surface area contributed by atoms with Crippen LogP contribution in [0.25, 0.3) is 0 Å². The molecule has 3 aliphatic rings. The highest BCUT2D eigenvalue weighted by Gasteiger charge is 2.44. The van der Waals surface area contributed by atoms with Crippen LogP contribution < -0.4 is 10.6 Å². The smallest absolute Gasteiger partial charge is 0.317 e. The van der Waals surface area contributed by atoms with Crippen LogP contribution >= 0.6 is 0 Å². The van der Waals surface area contributed by atoms with Gasteiger partial charge in [-0.2, -0.15) is 0 Å². The molecule has 2 N–H and O–H groups in total. The Labute approximate surface area is 85.0 Å². The first kappa shape index (κ1) is 9.77. The lowest BCUT2D eigenvalue weighted by Gasteiger charge is -2.50. The summed E-state index contributed by atoms with van der Waals surface area (Å²) in [5.74, 6) is 1.34. The minimum absolute atomic E-state index is 0.0779. The number of fused-ring (bicyclic) bond motifs is 2. The molecule has 0 aromatic carbocycles. The van der Waals surface area contributed by atoms with Gasteiger partial charge in [-0.3, -0.25) is 0 Å². The second kappa shape index (κ2) is 3.77. The van der Waals surface area contributed by atoms with Crippen molar-refractivity contribution in [3.63, 3.8) is 0 Å². The molecule has 4 nitrogen and oxygen atoms in total. The van der Waals surface area contributed by atoms with Gasteiger partial charge in [-0.05, 0) is 38.3 Å². The number of carbonyl (C=O) groups is 1. The number of carbonyl (C=O) groups excluding carboxylic acids is 1. The fraction of sp³-hybridized carbons (Fsp3) is 0.900. The first-order valence-corrected chi connectivity index (χ1v) is 5.44. The molecule has 2 atom stereocenters. The first-order chi connectivity index (χ1) is 6.72. The van der Waals surface area contributed by atoms with Crippen LogP contribution in [0.1, 0.15) is 13.3 Å². The van der Waals surface area contributed by atoms with Crippen LogP contribution in [-0.4, -0.2) is 43.7 Å². The van der Waals surface area contributed by atoms with Crippen molar-refractivity contribution in [3.05, 3.63) is 0 Å². The van der Waals surface area contributed by atoms with E-state index in [1.165, 1.54) is 6.42 Å². The SMILES string of the molecule is CCN(C)C(=O)NC1C2CNCC1C2. The zero-order chi connectivity index (χ0) is 10.1. The number of hydrogen-bond donors (Lipinski definition) is 2. The van der Waals surface area contributed by atoms with Gasteiger partial charge < -0.3 is 15.5 Å². The highest BCUT2D eigenvalue weighted by molar-refractivity contribution is 5.74. The maximum Gasteiger partial charge on any atom is 0.317 e. The van der Waals surface area contributed by atoms with Crippen molar-refractivity contribution in [1.29, 1.82) is 0 Å². The topological polar surface area (TPSA) is 44.4 Å². The fourth-order valence-corrected chi connectivity index (χ4v) is 2.38. The van der Waals surface area contributed by atoms with Gasteiger partial charge in [0.1, 0.15) is 0 Å². The summed E-state index contributed by atoms with van der Waals surface area (Å²) >= 11 is 0. The van der Waals surface area contributed by atoms with Gasteiger partial charge >= 0.3 is 6.03 Å². The van der Waals surface area contributed by atoms with Crippen molar-refractivity contribution in [1.82, 2.24) is 15.5 Å². The Morgan fingerprint density at radius 3 is 2.64 bits per heavy atom. The maximum atomic E-state index is 11.6. The van der Waals surface area contributed by atoms with Crippen molar-refractivity contribution in [2.75, 3.05) is 26.7 Å². The lowest BCUT2D eigenvalue weighted by molar-refractivity contribution is 0.0693. The van der Waals surface area contributed by atoms with Crippen LogP contribution in [0, 0.1) is 11.8 Å². The lowest BCUT2D eigenvalue weighted by Crippen LogP contribution is -2.64. The second-order valence-electron chi connectivity index (χ2n) is 4.40. The van der Waals surface area contributed by atoms with Crippen molar-refractivity contribution >= 4 is 6.03 Å². The third-order valence-electron chi connectivity index (χ3n) is 3.55. The molecule has 3 fully saturated rings. The number of hydrogen-bond acceptors (Lipinski definition) is 2. The Hall–Kier alpha value is -0.770. The van der Waals surface area contributed by atoms with Crippen LogP contribution in [0.3, 0.4) is 0 Å². The van der Waals surface area contributed by atoms with Gasteiger partial charge in [0.15, 0.2) is 0 Å². The number of nitrogens with zero attached hydrogens (tertiary/aromatic N) is 1. The Morgan fingerprint density at radius 1 is 1.50 bits per heavy atom. The third-order valence-corrected chi connectivity index (χ3v) is 3.55. The van der Waals surface area contributed by atoms with E-state index in [1.54, 1.807) is 4.90 Å². The molecule has 14 heavy (non-hydrogen) atoms. The molecular weight excluding hydrogens is 178 g/mol. The molecule has 2 heterocycles. The predicted molar refractivity (Wildman–Crippen MR) is 55.1 cm³/mol. The largest absolute Gasteiger partial charge is 0.335 e. The molecule has 80 valence electrons. The molecule has 3 rings (SSSR count). The third kappa shape index (κ3) is 1.59. The molecule has 0 radical (unpaired) electrons. The summed E-state index contributed by atoms with van der Waals surface area (Å²) in [5, 5.41) is 6.48. The molecule has 2 bridgehead atoms. The summed E-state index contributed by atoms with van der Waals surface area (Å²) in [6.45, 7) is 4.89. The van der Waals surface area contributed by atoms with Crippen molar-refractivity contribution in [2.45, 2.75) is 19.4 Å². The average molecular weight is 197 g/mol. The van der Waals surface area contributed by atoms with Gasteiger partial charge in [-0.1, -0.05) is 0 Å². The van der Waals surface area contributed by atoms with E-state index < -0.39 is 0 Å². The van der Waals surface area contributed by atoms with E-state index in [-0.39, 0.29) is 6.03 Å². The molecule has 0 spiro atoms. The Balaban J connectivity index is 1.83. The summed E-state index contributed by atoms with van der Waals surface area (Å²) in [6.07, 6.45) is 1.29. The molecule has 2 amide bonds. The first-order valence-electron chi connectivity index (χ1n) is 5.44. The normalized spacial score (nSPS) is 34.6. The number of rotatable bonds is 2. The van der Waals surface area contributed by atoms with Crippen molar-refractivity contribution in [2.24, 2.45) is 11.8 Å². The van der Waals surface area contributed by atoms with E-state index in [4.69, 9.17) is 0 Å². The summed E-state index contributed by atoms with van der Waals surface area (Å²) in [7, 11) is 1.84. The lowest BCUT2D eigenvalue weighted by atomic mass is 9.67. The van der Waals surface area contributed by atoms with Crippen molar-refractivity contribution < 1.29 is 4.79 Å². The number of urea groups is 1. The monoisotopic (exact) mass is 197 g/mol.